The summed E-state index contributed by atoms with van der Waals surface area (Å²) in [6.45, 7) is 3.40. The number of piperazine rings is 1. The van der Waals surface area contributed by atoms with Gasteiger partial charge < -0.3 is 9.80 Å². The average Bonchev–Trinajstić information content (AvgIpc) is 3.17. The largest absolute Gasteiger partial charge is 0.368 e. The molecule has 2 N–H and O–H groups in total. The van der Waals surface area contributed by atoms with Crippen molar-refractivity contribution in [1.29, 1.82) is 0 Å². The molecule has 7 nitrogen and oxygen atoms in total. The molecular weight excluding hydrogens is 432 g/mol. The van der Waals surface area contributed by atoms with Crippen molar-refractivity contribution in [2.75, 3.05) is 41.7 Å². The van der Waals surface area contributed by atoms with Gasteiger partial charge in [0.05, 0.1) is 5.69 Å². The summed E-state index contributed by atoms with van der Waals surface area (Å²) in [6, 6.07) is 20.0. The van der Waals surface area contributed by atoms with Gasteiger partial charge in [-0.2, -0.15) is 0 Å². The van der Waals surface area contributed by atoms with E-state index in [4.69, 9.17) is 10.1 Å². The summed E-state index contributed by atoms with van der Waals surface area (Å²) in [5, 5.41) is 5.90. The minimum Gasteiger partial charge on any atom is -0.368 e. The minimum absolute atomic E-state index is 0.00229. The minimum atomic E-state index is -3.85. The molecule has 0 aliphatic carbocycles. The van der Waals surface area contributed by atoms with E-state index in [0.29, 0.717) is 0 Å². The summed E-state index contributed by atoms with van der Waals surface area (Å²) in [7, 11) is -3.85. The van der Waals surface area contributed by atoms with E-state index in [1.54, 1.807) is 0 Å². The molecule has 1 aliphatic rings. The molecule has 0 bridgehead atoms. The molecule has 0 atom stereocenters. The molecule has 2 aromatic carbocycles. The molecule has 162 valence electrons. The van der Waals surface area contributed by atoms with E-state index in [-0.39, 0.29) is 6.42 Å². The van der Waals surface area contributed by atoms with Gasteiger partial charge in [-0.1, -0.05) is 48.5 Å². The number of Topliss-reactive ketones (excluding diaryl/α,β-unsaturated/α-hetero) is 1. The quantitative estimate of drug-likeness (QED) is 0.587. The van der Waals surface area contributed by atoms with Gasteiger partial charge in [-0.25, -0.2) is 18.5 Å². The molecule has 0 unspecified atom stereocenters. The zero-order valence-electron chi connectivity index (χ0n) is 17.0. The third-order valence-corrected chi connectivity index (χ3v) is 6.97. The molecule has 9 heteroatoms. The van der Waals surface area contributed by atoms with Gasteiger partial charge in [0, 0.05) is 48.7 Å². The Hall–Kier alpha value is -2.75. The van der Waals surface area contributed by atoms with Crippen LogP contribution in [0.25, 0.3) is 11.3 Å². The van der Waals surface area contributed by atoms with Crippen molar-refractivity contribution in [3.8, 4) is 11.3 Å². The number of carbonyl (C=O) groups excluding carboxylic acids is 1. The monoisotopic (exact) mass is 456 g/mol. The normalized spacial score (nSPS) is 14.6. The molecule has 4 rings (SSSR count). The Labute approximate surface area is 186 Å². The first-order valence-electron chi connectivity index (χ1n) is 10.0. The number of para-hydroxylation sites is 1. The highest BCUT2D eigenvalue weighted by atomic mass is 32.2. The van der Waals surface area contributed by atoms with Gasteiger partial charge in [-0.15, -0.1) is 11.3 Å². The van der Waals surface area contributed by atoms with Crippen LogP contribution in [-0.4, -0.2) is 51.1 Å². The Kier molecular flexibility index (Phi) is 6.35. The second-order valence-electron chi connectivity index (χ2n) is 7.47. The standard InChI is InChI=1S/C22H24N4O3S2/c23-31(28,29)16-19(27)15-20-21(17-7-3-1-4-8-17)24-22(30-20)26-13-11-25(12-14-26)18-9-5-2-6-10-18/h1-10H,11-16H2,(H2,23,28,29). The highest BCUT2D eigenvalue weighted by molar-refractivity contribution is 7.89. The predicted molar refractivity (Wildman–Crippen MR) is 125 cm³/mol. The lowest BCUT2D eigenvalue weighted by Gasteiger charge is -2.36. The van der Waals surface area contributed by atoms with E-state index in [0.717, 1.165) is 47.4 Å². The van der Waals surface area contributed by atoms with Crippen LogP contribution in [0.3, 0.4) is 0 Å². The fourth-order valence-corrected chi connectivity index (χ4v) is 5.38. The summed E-state index contributed by atoms with van der Waals surface area (Å²) >= 11 is 1.45. The number of carbonyl (C=O) groups is 1. The van der Waals surface area contributed by atoms with Crippen LogP contribution in [0.2, 0.25) is 0 Å². The van der Waals surface area contributed by atoms with Gasteiger partial charge in [0.15, 0.2) is 10.9 Å². The van der Waals surface area contributed by atoms with E-state index >= 15 is 0 Å². The van der Waals surface area contributed by atoms with E-state index < -0.39 is 21.6 Å². The summed E-state index contributed by atoms with van der Waals surface area (Å²) in [5.41, 5.74) is 2.85. The van der Waals surface area contributed by atoms with Gasteiger partial charge in [-0.05, 0) is 12.1 Å². The molecule has 0 radical (unpaired) electrons. The molecule has 2 heterocycles. The van der Waals surface area contributed by atoms with Crippen LogP contribution in [0, 0.1) is 0 Å². The average molecular weight is 457 g/mol. The van der Waals surface area contributed by atoms with Gasteiger partial charge in [-0.3, -0.25) is 4.79 Å². The number of ketones is 1. The lowest BCUT2D eigenvalue weighted by Crippen LogP contribution is -2.46. The van der Waals surface area contributed by atoms with Crippen LogP contribution in [0.5, 0.6) is 0 Å². The number of benzene rings is 2. The summed E-state index contributed by atoms with van der Waals surface area (Å²) in [4.78, 5) is 22.5. The van der Waals surface area contributed by atoms with Crippen LogP contribution in [0.1, 0.15) is 4.88 Å². The van der Waals surface area contributed by atoms with Crippen molar-refractivity contribution in [2.24, 2.45) is 5.14 Å². The number of aromatic nitrogens is 1. The molecule has 0 amide bonds. The number of nitrogens with two attached hydrogens (primary N) is 1. The fourth-order valence-electron chi connectivity index (χ4n) is 3.67. The number of thiazole rings is 1. The number of anilines is 2. The number of hydrogen-bond acceptors (Lipinski definition) is 7. The summed E-state index contributed by atoms with van der Waals surface area (Å²) < 4.78 is 22.6. The van der Waals surface area contributed by atoms with Gasteiger partial charge >= 0.3 is 0 Å². The third kappa shape index (κ3) is 5.49. The van der Waals surface area contributed by atoms with Crippen molar-refractivity contribution >= 4 is 38.0 Å². The van der Waals surface area contributed by atoms with Crippen LogP contribution in [0.15, 0.2) is 60.7 Å². The predicted octanol–water partition coefficient (Wildman–Crippen LogP) is 2.54. The third-order valence-electron chi connectivity index (χ3n) is 5.12. The molecule has 3 aromatic rings. The molecule has 31 heavy (non-hydrogen) atoms. The van der Waals surface area contributed by atoms with Crippen molar-refractivity contribution in [2.45, 2.75) is 6.42 Å². The second kappa shape index (κ2) is 9.17. The number of hydrogen-bond donors (Lipinski definition) is 1. The van der Waals surface area contributed by atoms with E-state index in [1.165, 1.54) is 17.0 Å². The van der Waals surface area contributed by atoms with Crippen LogP contribution in [0.4, 0.5) is 10.8 Å². The number of primary sulfonamides is 1. The van der Waals surface area contributed by atoms with Crippen LogP contribution >= 0.6 is 11.3 Å². The van der Waals surface area contributed by atoms with Crippen molar-refractivity contribution in [3.05, 3.63) is 65.5 Å². The Morgan fingerprint density at radius 3 is 2.13 bits per heavy atom. The Morgan fingerprint density at radius 2 is 1.52 bits per heavy atom. The Bertz CT molecular complexity index is 1140. The van der Waals surface area contributed by atoms with E-state index in [9.17, 15) is 13.2 Å². The van der Waals surface area contributed by atoms with E-state index in [2.05, 4.69) is 21.9 Å². The van der Waals surface area contributed by atoms with Gasteiger partial charge in [0.1, 0.15) is 5.75 Å². The first kappa shape index (κ1) is 21.5. The zero-order valence-corrected chi connectivity index (χ0v) is 18.6. The summed E-state index contributed by atoms with van der Waals surface area (Å²) in [5.74, 6) is -1.09. The molecule has 0 spiro atoms. The van der Waals surface area contributed by atoms with Crippen molar-refractivity contribution in [1.82, 2.24) is 4.98 Å². The smallest absolute Gasteiger partial charge is 0.216 e. The first-order valence-corrected chi connectivity index (χ1v) is 12.5. The SMILES string of the molecule is NS(=O)(=O)CC(=O)Cc1sc(N2CCN(c3ccccc3)CC2)nc1-c1ccccc1. The Balaban J connectivity index is 1.55. The maximum atomic E-state index is 12.3. The Morgan fingerprint density at radius 1 is 0.935 bits per heavy atom. The first-order chi connectivity index (χ1) is 14.9. The van der Waals surface area contributed by atoms with Gasteiger partial charge in [0.25, 0.3) is 0 Å². The summed E-state index contributed by atoms with van der Waals surface area (Å²) in [6.07, 6.45) is 0.00229. The second-order valence-corrected chi connectivity index (χ2v) is 10.1. The van der Waals surface area contributed by atoms with Crippen LogP contribution in [-0.2, 0) is 21.2 Å². The van der Waals surface area contributed by atoms with Crippen LogP contribution < -0.4 is 14.9 Å². The zero-order chi connectivity index (χ0) is 21.8. The molecule has 1 aliphatic heterocycles. The highest BCUT2D eigenvalue weighted by Crippen LogP contribution is 2.34. The van der Waals surface area contributed by atoms with Crippen molar-refractivity contribution in [3.63, 3.8) is 0 Å². The molecule has 1 aromatic heterocycles. The fraction of sp³-hybridized carbons (Fsp3) is 0.273. The molecular formula is C22H24N4O3S2. The molecule has 1 saturated heterocycles. The number of nitrogens with zero attached hydrogens (tertiary/aromatic N) is 3. The molecule has 0 saturated carbocycles. The maximum absolute atomic E-state index is 12.3. The molecule has 1 fully saturated rings. The number of sulfonamides is 1. The number of rotatable bonds is 7. The highest BCUT2D eigenvalue weighted by Gasteiger charge is 2.24. The lowest BCUT2D eigenvalue weighted by atomic mass is 10.1. The topological polar surface area (TPSA) is 96.6 Å². The lowest BCUT2D eigenvalue weighted by molar-refractivity contribution is -0.116. The van der Waals surface area contributed by atoms with E-state index in [1.807, 2.05) is 48.5 Å². The van der Waals surface area contributed by atoms with Crippen molar-refractivity contribution < 1.29 is 13.2 Å². The van der Waals surface area contributed by atoms with Gasteiger partial charge in [0.2, 0.25) is 10.0 Å². The maximum Gasteiger partial charge on any atom is 0.216 e.